The molecular weight excluding hydrogens is 264 g/mol. The summed E-state index contributed by atoms with van der Waals surface area (Å²) in [6.07, 6.45) is 2.04. The molecule has 2 aromatic rings. The van der Waals surface area contributed by atoms with Crippen LogP contribution in [0.4, 0.5) is 0 Å². The lowest BCUT2D eigenvalue weighted by molar-refractivity contribution is 0.0946. The monoisotopic (exact) mass is 278 g/mol. The summed E-state index contributed by atoms with van der Waals surface area (Å²) in [5, 5.41) is 5.55. The zero-order valence-corrected chi connectivity index (χ0v) is 11.9. The number of aromatic nitrogens is 1. The molecule has 3 nitrogen and oxygen atoms in total. The Bertz CT molecular complexity index is 534. The van der Waals surface area contributed by atoms with E-state index >= 15 is 0 Å². The van der Waals surface area contributed by atoms with Gasteiger partial charge in [0.05, 0.1) is 5.01 Å². The number of thiazole rings is 1. The number of nitrogens with one attached hydrogen (secondary N) is 1. The smallest absolute Gasteiger partial charge is 0.271 e. The highest BCUT2D eigenvalue weighted by Gasteiger charge is 2.08. The zero-order chi connectivity index (χ0) is 13.0. The minimum atomic E-state index is -0.117. The molecule has 0 spiro atoms. The molecule has 1 aromatic heterocycles. The average molecular weight is 278 g/mol. The predicted octanol–water partition coefficient (Wildman–Crippen LogP) is 3.10. The number of amides is 1. The van der Waals surface area contributed by atoms with Gasteiger partial charge in [0.15, 0.2) is 0 Å². The van der Waals surface area contributed by atoms with Crippen molar-refractivity contribution < 1.29 is 4.79 Å². The quantitative estimate of drug-likeness (QED) is 0.874. The van der Waals surface area contributed by atoms with Crippen molar-refractivity contribution in [3.05, 3.63) is 45.9 Å². The fraction of sp³-hybridized carbons (Fsp3) is 0.231. The van der Waals surface area contributed by atoms with Crippen molar-refractivity contribution in [1.82, 2.24) is 10.3 Å². The lowest BCUT2D eigenvalue weighted by atomic mass is 10.2. The number of aryl methyl sites for hydroxylation is 1. The highest BCUT2D eigenvalue weighted by atomic mass is 32.2. The molecule has 0 radical (unpaired) electrons. The number of carbonyl (C=O) groups excluding carboxylic acids is 1. The molecule has 1 N–H and O–H groups in total. The van der Waals surface area contributed by atoms with Gasteiger partial charge in [-0.25, -0.2) is 4.98 Å². The summed E-state index contributed by atoms with van der Waals surface area (Å²) in [5.74, 6) is -0.117. The Morgan fingerprint density at radius 1 is 1.39 bits per heavy atom. The van der Waals surface area contributed by atoms with Crippen LogP contribution in [0.15, 0.2) is 34.5 Å². The summed E-state index contributed by atoms with van der Waals surface area (Å²) in [6.45, 7) is 2.42. The number of rotatable bonds is 4. The molecule has 0 unspecified atom stereocenters. The van der Waals surface area contributed by atoms with Gasteiger partial charge in [-0.3, -0.25) is 4.79 Å². The molecule has 2 rings (SSSR count). The van der Waals surface area contributed by atoms with E-state index in [0.717, 1.165) is 10.6 Å². The first kappa shape index (κ1) is 13.1. The number of nitrogens with zero attached hydrogens (tertiary/aromatic N) is 1. The van der Waals surface area contributed by atoms with Gasteiger partial charge in [-0.2, -0.15) is 0 Å². The Kier molecular flexibility index (Phi) is 4.38. The maximum atomic E-state index is 11.8. The van der Waals surface area contributed by atoms with E-state index in [1.165, 1.54) is 16.2 Å². The molecule has 1 amide bonds. The number of hydrogen-bond acceptors (Lipinski definition) is 4. The van der Waals surface area contributed by atoms with E-state index in [1.54, 1.807) is 17.1 Å². The molecule has 1 heterocycles. The molecule has 0 aliphatic heterocycles. The third-order valence-corrected chi connectivity index (χ3v) is 3.98. The van der Waals surface area contributed by atoms with Crippen molar-refractivity contribution in [3.63, 3.8) is 0 Å². The minimum Gasteiger partial charge on any atom is -0.347 e. The van der Waals surface area contributed by atoms with Crippen LogP contribution in [0, 0.1) is 6.92 Å². The summed E-state index contributed by atoms with van der Waals surface area (Å²) < 4.78 is 0. The third kappa shape index (κ3) is 3.34. The second kappa shape index (κ2) is 6.02. The van der Waals surface area contributed by atoms with Crippen LogP contribution >= 0.6 is 23.1 Å². The maximum absolute atomic E-state index is 11.8. The molecule has 0 saturated heterocycles. The van der Waals surface area contributed by atoms with E-state index in [4.69, 9.17) is 0 Å². The second-order valence-corrected chi connectivity index (χ2v) is 5.72. The van der Waals surface area contributed by atoms with Gasteiger partial charge >= 0.3 is 0 Å². The van der Waals surface area contributed by atoms with E-state index < -0.39 is 0 Å². The Labute approximate surface area is 115 Å². The second-order valence-electron chi connectivity index (χ2n) is 3.78. The fourth-order valence-electron chi connectivity index (χ4n) is 1.48. The van der Waals surface area contributed by atoms with Gasteiger partial charge in [0.1, 0.15) is 5.69 Å². The topological polar surface area (TPSA) is 42.0 Å². The average Bonchev–Trinajstić information content (AvgIpc) is 2.83. The summed E-state index contributed by atoms with van der Waals surface area (Å²) in [7, 11) is 0. The van der Waals surface area contributed by atoms with E-state index in [2.05, 4.69) is 22.4 Å². The lowest BCUT2D eigenvalue weighted by Crippen LogP contribution is -2.23. The van der Waals surface area contributed by atoms with Gasteiger partial charge in [-0.1, -0.05) is 12.1 Å². The van der Waals surface area contributed by atoms with Crippen LogP contribution in [-0.2, 0) is 6.54 Å². The Hall–Kier alpha value is -1.33. The lowest BCUT2D eigenvalue weighted by Gasteiger charge is -2.04. The summed E-state index contributed by atoms with van der Waals surface area (Å²) >= 11 is 3.19. The van der Waals surface area contributed by atoms with Crippen molar-refractivity contribution in [2.24, 2.45) is 0 Å². The molecule has 0 fully saturated rings. The molecule has 0 saturated carbocycles. The predicted molar refractivity (Wildman–Crippen MR) is 76.2 cm³/mol. The first-order valence-electron chi connectivity index (χ1n) is 5.52. The van der Waals surface area contributed by atoms with Crippen molar-refractivity contribution >= 4 is 29.0 Å². The van der Waals surface area contributed by atoms with E-state index in [-0.39, 0.29) is 5.91 Å². The SMILES string of the molecule is CSc1ccc(CNC(=O)c2csc(C)n2)cc1. The van der Waals surface area contributed by atoms with Gasteiger partial charge in [0.2, 0.25) is 0 Å². The summed E-state index contributed by atoms with van der Waals surface area (Å²) in [6, 6.07) is 8.16. The van der Waals surface area contributed by atoms with E-state index in [1.807, 2.05) is 25.3 Å². The molecule has 94 valence electrons. The van der Waals surface area contributed by atoms with Gasteiger partial charge in [0.25, 0.3) is 5.91 Å². The van der Waals surface area contributed by atoms with Crippen LogP contribution in [0.25, 0.3) is 0 Å². The molecule has 18 heavy (non-hydrogen) atoms. The van der Waals surface area contributed by atoms with Crippen molar-refractivity contribution in [1.29, 1.82) is 0 Å². The normalized spacial score (nSPS) is 10.3. The first-order chi connectivity index (χ1) is 8.69. The summed E-state index contributed by atoms with van der Waals surface area (Å²) in [4.78, 5) is 17.2. The van der Waals surface area contributed by atoms with E-state index in [0.29, 0.717) is 12.2 Å². The van der Waals surface area contributed by atoms with Crippen molar-refractivity contribution in [2.45, 2.75) is 18.4 Å². The van der Waals surface area contributed by atoms with Crippen LogP contribution in [0.2, 0.25) is 0 Å². The van der Waals surface area contributed by atoms with Crippen molar-refractivity contribution in [2.75, 3.05) is 6.26 Å². The molecule has 0 atom stereocenters. The molecular formula is C13H14N2OS2. The zero-order valence-electron chi connectivity index (χ0n) is 10.3. The third-order valence-electron chi connectivity index (χ3n) is 2.46. The molecule has 0 bridgehead atoms. The number of carbonyl (C=O) groups is 1. The Morgan fingerprint density at radius 2 is 2.11 bits per heavy atom. The minimum absolute atomic E-state index is 0.117. The molecule has 1 aromatic carbocycles. The fourth-order valence-corrected chi connectivity index (χ4v) is 2.49. The number of hydrogen-bond donors (Lipinski definition) is 1. The van der Waals surface area contributed by atoms with Gasteiger partial charge in [0, 0.05) is 16.8 Å². The van der Waals surface area contributed by atoms with Gasteiger partial charge < -0.3 is 5.32 Å². The Morgan fingerprint density at radius 3 is 2.67 bits per heavy atom. The molecule has 0 aliphatic carbocycles. The molecule has 0 aliphatic rings. The number of thioether (sulfide) groups is 1. The van der Waals surface area contributed by atoms with Gasteiger partial charge in [-0.05, 0) is 30.9 Å². The van der Waals surface area contributed by atoms with Gasteiger partial charge in [-0.15, -0.1) is 23.1 Å². The summed E-state index contributed by atoms with van der Waals surface area (Å²) in [5.41, 5.74) is 1.59. The van der Waals surface area contributed by atoms with Crippen LogP contribution < -0.4 is 5.32 Å². The highest BCUT2D eigenvalue weighted by Crippen LogP contribution is 2.15. The van der Waals surface area contributed by atoms with Crippen LogP contribution in [0.3, 0.4) is 0 Å². The van der Waals surface area contributed by atoms with Crippen LogP contribution in [0.5, 0.6) is 0 Å². The maximum Gasteiger partial charge on any atom is 0.271 e. The van der Waals surface area contributed by atoms with Crippen LogP contribution in [0.1, 0.15) is 21.1 Å². The number of benzene rings is 1. The van der Waals surface area contributed by atoms with Crippen molar-refractivity contribution in [3.8, 4) is 0 Å². The standard InChI is InChI=1S/C13H14N2OS2/c1-9-15-12(8-18-9)13(16)14-7-10-3-5-11(17-2)6-4-10/h3-6,8H,7H2,1-2H3,(H,14,16). The van der Waals surface area contributed by atoms with Crippen LogP contribution in [-0.4, -0.2) is 17.1 Å². The Balaban J connectivity index is 1.92. The highest BCUT2D eigenvalue weighted by molar-refractivity contribution is 7.98. The first-order valence-corrected chi connectivity index (χ1v) is 7.63. The van der Waals surface area contributed by atoms with E-state index in [9.17, 15) is 4.79 Å². The molecule has 5 heteroatoms. The largest absolute Gasteiger partial charge is 0.347 e.